The van der Waals surface area contributed by atoms with Crippen molar-refractivity contribution in [2.75, 3.05) is 6.54 Å². The van der Waals surface area contributed by atoms with Crippen LogP contribution in [0.2, 0.25) is 0 Å². The van der Waals surface area contributed by atoms with E-state index >= 15 is 0 Å². The van der Waals surface area contributed by atoms with E-state index in [1.165, 1.54) is 6.07 Å². The minimum Gasteiger partial charge on any atom is -0.508 e. The van der Waals surface area contributed by atoms with Crippen molar-refractivity contribution in [3.63, 3.8) is 0 Å². The standard InChI is InChI=1S/C19H16FN3O2/c20-16-7-6-13(24)8-14(16)19(25)23-9-15(12-4-2-1-3-5-12)18-17(10-23)21-11-22-18/h1-8,11,15,24H,9-10H2,(H,21,22). The number of amides is 1. The van der Waals surface area contributed by atoms with Crippen LogP contribution in [0.4, 0.5) is 4.39 Å². The fourth-order valence-corrected chi connectivity index (χ4v) is 3.27. The quantitative estimate of drug-likeness (QED) is 0.755. The third-order valence-corrected chi connectivity index (χ3v) is 4.50. The number of H-pyrrole nitrogens is 1. The van der Waals surface area contributed by atoms with Gasteiger partial charge in [0.2, 0.25) is 0 Å². The molecule has 0 radical (unpaired) electrons. The molecule has 6 heteroatoms. The molecule has 1 unspecified atom stereocenters. The maximum absolute atomic E-state index is 14.1. The summed E-state index contributed by atoms with van der Waals surface area (Å²) in [5.74, 6) is -1.31. The van der Waals surface area contributed by atoms with Crippen LogP contribution in [0.5, 0.6) is 5.75 Å². The Balaban J connectivity index is 1.71. The first-order chi connectivity index (χ1) is 12.1. The van der Waals surface area contributed by atoms with Crippen LogP contribution in [0.3, 0.4) is 0 Å². The van der Waals surface area contributed by atoms with E-state index in [9.17, 15) is 14.3 Å². The Kier molecular flexibility index (Phi) is 3.72. The Hall–Kier alpha value is -3.15. The molecule has 0 fully saturated rings. The van der Waals surface area contributed by atoms with Gasteiger partial charge in [-0.15, -0.1) is 0 Å². The van der Waals surface area contributed by atoms with E-state index < -0.39 is 11.7 Å². The van der Waals surface area contributed by atoms with Gasteiger partial charge in [0, 0.05) is 12.5 Å². The van der Waals surface area contributed by atoms with Crippen LogP contribution in [0.1, 0.15) is 33.2 Å². The number of hydrogen-bond donors (Lipinski definition) is 2. The highest BCUT2D eigenvalue weighted by Gasteiger charge is 2.32. The van der Waals surface area contributed by atoms with E-state index in [1.807, 2.05) is 30.3 Å². The average molecular weight is 337 g/mol. The number of hydrogen-bond acceptors (Lipinski definition) is 3. The van der Waals surface area contributed by atoms with Gasteiger partial charge in [0.25, 0.3) is 5.91 Å². The Morgan fingerprint density at radius 3 is 2.84 bits per heavy atom. The summed E-state index contributed by atoms with van der Waals surface area (Å²) in [6.07, 6.45) is 1.61. The maximum Gasteiger partial charge on any atom is 0.257 e. The first-order valence-corrected chi connectivity index (χ1v) is 7.98. The fourth-order valence-electron chi connectivity index (χ4n) is 3.27. The van der Waals surface area contributed by atoms with Crippen LogP contribution < -0.4 is 0 Å². The van der Waals surface area contributed by atoms with E-state index in [0.29, 0.717) is 13.1 Å². The third kappa shape index (κ3) is 2.76. The predicted octanol–water partition coefficient (Wildman–Crippen LogP) is 3.04. The van der Waals surface area contributed by atoms with Crippen LogP contribution in [0, 0.1) is 5.82 Å². The summed E-state index contributed by atoms with van der Waals surface area (Å²) >= 11 is 0. The lowest BCUT2D eigenvalue weighted by Gasteiger charge is -2.32. The molecule has 3 aromatic rings. The number of carbonyl (C=O) groups is 1. The largest absolute Gasteiger partial charge is 0.508 e. The van der Waals surface area contributed by atoms with Crippen molar-refractivity contribution in [3.05, 3.63) is 83.2 Å². The van der Waals surface area contributed by atoms with Crippen LogP contribution in [-0.4, -0.2) is 32.4 Å². The summed E-state index contributed by atoms with van der Waals surface area (Å²) in [4.78, 5) is 21.9. The molecule has 2 N–H and O–H groups in total. The van der Waals surface area contributed by atoms with Crippen molar-refractivity contribution in [3.8, 4) is 5.75 Å². The lowest BCUT2D eigenvalue weighted by Crippen LogP contribution is -2.39. The molecule has 0 bridgehead atoms. The second-order valence-corrected chi connectivity index (χ2v) is 6.08. The highest BCUT2D eigenvalue weighted by atomic mass is 19.1. The summed E-state index contributed by atoms with van der Waals surface area (Å²) in [6.45, 7) is 0.725. The molecule has 1 aliphatic heterocycles. The molecule has 0 spiro atoms. The number of aromatic amines is 1. The first kappa shape index (κ1) is 15.4. The Bertz CT molecular complexity index is 923. The van der Waals surface area contributed by atoms with Gasteiger partial charge < -0.3 is 15.0 Å². The normalized spacial score (nSPS) is 16.5. The summed E-state index contributed by atoms with van der Waals surface area (Å²) in [5, 5.41) is 9.59. The Morgan fingerprint density at radius 2 is 2.04 bits per heavy atom. The minimum absolute atomic E-state index is 0.0829. The molecule has 5 nitrogen and oxygen atoms in total. The molecule has 2 aromatic carbocycles. The van der Waals surface area contributed by atoms with Gasteiger partial charge in [0.1, 0.15) is 11.6 Å². The van der Waals surface area contributed by atoms with Crippen molar-refractivity contribution in [1.29, 1.82) is 0 Å². The van der Waals surface area contributed by atoms with Gasteiger partial charge in [0.05, 0.1) is 29.8 Å². The number of fused-ring (bicyclic) bond motifs is 1. The number of nitrogens with one attached hydrogen (secondary N) is 1. The predicted molar refractivity (Wildman–Crippen MR) is 89.7 cm³/mol. The smallest absolute Gasteiger partial charge is 0.257 e. The molecule has 4 rings (SSSR count). The molecule has 1 atom stereocenters. The van der Waals surface area contributed by atoms with Crippen molar-refractivity contribution in [2.24, 2.45) is 0 Å². The van der Waals surface area contributed by atoms with Crippen molar-refractivity contribution >= 4 is 5.91 Å². The number of phenolic OH excluding ortho intramolecular Hbond substituents is 1. The zero-order valence-electron chi connectivity index (χ0n) is 13.3. The van der Waals surface area contributed by atoms with Crippen molar-refractivity contribution in [1.82, 2.24) is 14.9 Å². The number of imidazole rings is 1. The Labute approximate surface area is 143 Å². The van der Waals surface area contributed by atoms with Crippen molar-refractivity contribution < 1.29 is 14.3 Å². The summed E-state index contributed by atoms with van der Waals surface area (Å²) in [6, 6.07) is 13.3. The molecule has 1 amide bonds. The van der Waals surface area contributed by atoms with E-state index in [1.54, 1.807) is 11.2 Å². The molecule has 0 saturated carbocycles. The zero-order chi connectivity index (χ0) is 17.4. The number of rotatable bonds is 2. The van der Waals surface area contributed by atoms with Gasteiger partial charge >= 0.3 is 0 Å². The molecule has 2 heterocycles. The summed E-state index contributed by atoms with van der Waals surface area (Å²) in [7, 11) is 0. The third-order valence-electron chi connectivity index (χ3n) is 4.50. The number of phenols is 1. The van der Waals surface area contributed by atoms with E-state index in [4.69, 9.17) is 0 Å². The van der Waals surface area contributed by atoms with Gasteiger partial charge in [-0.25, -0.2) is 9.37 Å². The number of aromatic nitrogens is 2. The zero-order valence-corrected chi connectivity index (χ0v) is 13.3. The van der Waals surface area contributed by atoms with Gasteiger partial charge in [-0.3, -0.25) is 4.79 Å². The van der Waals surface area contributed by atoms with Gasteiger partial charge in [0.15, 0.2) is 0 Å². The van der Waals surface area contributed by atoms with Gasteiger partial charge in [-0.2, -0.15) is 0 Å². The van der Waals surface area contributed by atoms with Crippen molar-refractivity contribution in [2.45, 2.75) is 12.5 Å². The van der Waals surface area contributed by atoms with E-state index in [-0.39, 0.29) is 17.2 Å². The van der Waals surface area contributed by atoms with Gasteiger partial charge in [-0.1, -0.05) is 30.3 Å². The van der Waals surface area contributed by atoms with Crippen LogP contribution in [0.25, 0.3) is 0 Å². The Morgan fingerprint density at radius 1 is 1.24 bits per heavy atom. The SMILES string of the molecule is O=C(c1cc(O)ccc1F)N1Cc2[nH]cnc2C(c2ccccc2)C1. The lowest BCUT2D eigenvalue weighted by molar-refractivity contribution is 0.0716. The highest BCUT2D eigenvalue weighted by Crippen LogP contribution is 2.32. The number of halogens is 1. The van der Waals surface area contributed by atoms with Crippen LogP contribution >= 0.6 is 0 Å². The molecule has 126 valence electrons. The number of nitrogens with zero attached hydrogens (tertiary/aromatic N) is 2. The molecule has 1 aromatic heterocycles. The van der Waals surface area contributed by atoms with Crippen LogP contribution in [0.15, 0.2) is 54.9 Å². The second-order valence-electron chi connectivity index (χ2n) is 6.08. The summed E-state index contributed by atoms with van der Waals surface area (Å²) < 4.78 is 14.1. The highest BCUT2D eigenvalue weighted by molar-refractivity contribution is 5.95. The molecular weight excluding hydrogens is 321 g/mol. The lowest BCUT2D eigenvalue weighted by atomic mass is 9.90. The second kappa shape index (κ2) is 6.05. The van der Waals surface area contributed by atoms with Crippen LogP contribution in [-0.2, 0) is 6.54 Å². The van der Waals surface area contributed by atoms with E-state index in [2.05, 4.69) is 9.97 Å². The molecule has 25 heavy (non-hydrogen) atoms. The molecular formula is C19H16FN3O2. The monoisotopic (exact) mass is 337 g/mol. The maximum atomic E-state index is 14.1. The molecule has 0 saturated heterocycles. The number of carbonyl (C=O) groups excluding carboxylic acids is 1. The average Bonchev–Trinajstić information content (AvgIpc) is 3.11. The number of aromatic hydroxyl groups is 1. The first-order valence-electron chi connectivity index (χ1n) is 7.98. The number of benzene rings is 2. The topological polar surface area (TPSA) is 69.2 Å². The minimum atomic E-state index is -0.644. The van der Waals surface area contributed by atoms with E-state index in [0.717, 1.165) is 29.1 Å². The molecule has 1 aliphatic rings. The summed E-state index contributed by atoms with van der Waals surface area (Å²) in [5.41, 5.74) is 2.67. The fraction of sp³-hybridized carbons (Fsp3) is 0.158. The van der Waals surface area contributed by atoms with Gasteiger partial charge in [-0.05, 0) is 23.8 Å². The molecule has 0 aliphatic carbocycles.